The fourth-order valence-electron chi connectivity index (χ4n) is 2.19. The molecule has 0 aromatic rings. The molecule has 0 spiro atoms. The smallest absolute Gasteiger partial charge is 0.293 e. The molecule has 1 aliphatic rings. The number of ether oxygens (including phenoxy) is 1. The van der Waals surface area contributed by atoms with E-state index in [0.29, 0.717) is 12.5 Å². The Hall–Kier alpha value is -1.39. The number of hydrogen-bond acceptors (Lipinski definition) is 4. The standard InChI is InChI=1S/C12H19NO4/c1-9(15)11-4-2-10(3-5-11)6-13-12(16)7-17-8-14/h8,10-11H,2-7H2,1H3,(H,13,16). The summed E-state index contributed by atoms with van der Waals surface area (Å²) in [6.45, 7) is 2.29. The van der Waals surface area contributed by atoms with Crippen LogP contribution < -0.4 is 5.32 Å². The molecule has 0 heterocycles. The minimum atomic E-state index is -0.272. The van der Waals surface area contributed by atoms with Crippen LogP contribution in [0, 0.1) is 11.8 Å². The number of carbonyl (C=O) groups excluding carboxylic acids is 3. The first-order valence-electron chi connectivity index (χ1n) is 5.96. The van der Waals surface area contributed by atoms with E-state index in [1.165, 1.54) is 0 Å². The predicted octanol–water partition coefficient (Wildman–Crippen LogP) is 0.671. The van der Waals surface area contributed by atoms with E-state index in [1.807, 2.05) is 0 Å². The number of nitrogens with one attached hydrogen (secondary N) is 1. The van der Waals surface area contributed by atoms with Gasteiger partial charge < -0.3 is 10.1 Å². The third kappa shape index (κ3) is 4.97. The zero-order chi connectivity index (χ0) is 12.7. The zero-order valence-corrected chi connectivity index (χ0v) is 10.1. The maximum Gasteiger partial charge on any atom is 0.293 e. The van der Waals surface area contributed by atoms with Gasteiger partial charge in [0, 0.05) is 12.5 Å². The van der Waals surface area contributed by atoms with E-state index in [9.17, 15) is 14.4 Å². The lowest BCUT2D eigenvalue weighted by Gasteiger charge is -2.26. The highest BCUT2D eigenvalue weighted by atomic mass is 16.5. The van der Waals surface area contributed by atoms with Crippen LogP contribution in [0.3, 0.4) is 0 Å². The highest BCUT2D eigenvalue weighted by molar-refractivity contribution is 5.78. The molecule has 0 aromatic heterocycles. The van der Waals surface area contributed by atoms with E-state index in [4.69, 9.17) is 0 Å². The highest BCUT2D eigenvalue weighted by Crippen LogP contribution is 2.28. The Morgan fingerprint density at radius 1 is 1.29 bits per heavy atom. The molecule has 1 amide bonds. The van der Waals surface area contributed by atoms with Gasteiger partial charge in [-0.1, -0.05) is 0 Å². The third-order valence-corrected chi connectivity index (χ3v) is 3.29. The second-order valence-electron chi connectivity index (χ2n) is 4.54. The fraction of sp³-hybridized carbons (Fsp3) is 0.750. The summed E-state index contributed by atoms with van der Waals surface area (Å²) in [6, 6.07) is 0. The summed E-state index contributed by atoms with van der Waals surface area (Å²) in [5, 5.41) is 2.72. The Balaban J connectivity index is 2.15. The molecule has 0 atom stereocenters. The van der Waals surface area contributed by atoms with Gasteiger partial charge in [-0.25, -0.2) is 0 Å². The Bertz CT molecular complexity index is 282. The second-order valence-corrected chi connectivity index (χ2v) is 4.54. The predicted molar refractivity (Wildman–Crippen MR) is 61.2 cm³/mol. The van der Waals surface area contributed by atoms with Gasteiger partial charge in [0.25, 0.3) is 12.4 Å². The Morgan fingerprint density at radius 3 is 2.47 bits per heavy atom. The van der Waals surface area contributed by atoms with Gasteiger partial charge in [0.15, 0.2) is 6.61 Å². The van der Waals surface area contributed by atoms with Gasteiger partial charge in [-0.15, -0.1) is 0 Å². The van der Waals surface area contributed by atoms with Crippen LogP contribution in [0.5, 0.6) is 0 Å². The van der Waals surface area contributed by atoms with Crippen molar-refractivity contribution in [2.24, 2.45) is 11.8 Å². The summed E-state index contributed by atoms with van der Waals surface area (Å²) in [6.07, 6.45) is 3.78. The maximum absolute atomic E-state index is 11.2. The lowest BCUT2D eigenvalue weighted by atomic mass is 9.80. The van der Waals surface area contributed by atoms with Gasteiger partial charge in [-0.3, -0.25) is 14.4 Å². The molecule has 1 fully saturated rings. The Labute approximate surface area is 101 Å². The average molecular weight is 241 g/mol. The van der Waals surface area contributed by atoms with Gasteiger partial charge in [0.1, 0.15) is 5.78 Å². The van der Waals surface area contributed by atoms with Crippen molar-refractivity contribution in [2.45, 2.75) is 32.6 Å². The lowest BCUT2D eigenvalue weighted by Crippen LogP contribution is -2.34. The van der Waals surface area contributed by atoms with Crippen LogP contribution in [0.4, 0.5) is 0 Å². The normalized spacial score (nSPS) is 23.8. The molecule has 0 aliphatic heterocycles. The Morgan fingerprint density at radius 2 is 1.94 bits per heavy atom. The summed E-state index contributed by atoms with van der Waals surface area (Å²) < 4.78 is 4.35. The van der Waals surface area contributed by atoms with Crippen LogP contribution in [0.1, 0.15) is 32.6 Å². The number of rotatable bonds is 6. The Kier molecular flexibility index (Phi) is 5.66. The van der Waals surface area contributed by atoms with E-state index in [1.54, 1.807) is 6.92 Å². The molecule has 0 unspecified atom stereocenters. The van der Waals surface area contributed by atoms with Gasteiger partial charge in [-0.05, 0) is 38.5 Å². The van der Waals surface area contributed by atoms with Crippen LogP contribution in [0.2, 0.25) is 0 Å². The van der Waals surface area contributed by atoms with Crippen molar-refractivity contribution in [2.75, 3.05) is 13.2 Å². The van der Waals surface area contributed by atoms with E-state index in [-0.39, 0.29) is 30.7 Å². The molecule has 17 heavy (non-hydrogen) atoms. The van der Waals surface area contributed by atoms with Crippen LogP contribution in [0.25, 0.3) is 0 Å². The van der Waals surface area contributed by atoms with Gasteiger partial charge in [0.2, 0.25) is 0 Å². The second kappa shape index (κ2) is 7.04. The van der Waals surface area contributed by atoms with E-state index in [2.05, 4.69) is 10.1 Å². The molecule has 1 aliphatic carbocycles. The molecular formula is C12H19NO4. The molecule has 1 N–H and O–H groups in total. The highest BCUT2D eigenvalue weighted by Gasteiger charge is 2.23. The fourth-order valence-corrected chi connectivity index (χ4v) is 2.19. The van der Waals surface area contributed by atoms with Crippen LogP contribution in [0.15, 0.2) is 0 Å². The zero-order valence-electron chi connectivity index (χ0n) is 10.1. The van der Waals surface area contributed by atoms with Crippen molar-refractivity contribution < 1.29 is 19.1 Å². The summed E-state index contributed by atoms with van der Waals surface area (Å²) in [7, 11) is 0. The summed E-state index contributed by atoms with van der Waals surface area (Å²) in [5.41, 5.74) is 0. The minimum absolute atomic E-state index is 0.209. The number of hydrogen-bond donors (Lipinski definition) is 1. The van der Waals surface area contributed by atoms with Crippen molar-refractivity contribution in [1.29, 1.82) is 0 Å². The molecule has 0 saturated heterocycles. The monoisotopic (exact) mass is 241 g/mol. The molecule has 0 radical (unpaired) electrons. The SMILES string of the molecule is CC(=O)C1CCC(CNC(=O)COC=O)CC1. The largest absolute Gasteiger partial charge is 0.458 e. The van der Waals surface area contributed by atoms with Gasteiger partial charge >= 0.3 is 0 Å². The van der Waals surface area contributed by atoms with Crippen LogP contribution >= 0.6 is 0 Å². The van der Waals surface area contributed by atoms with Gasteiger partial charge in [0.05, 0.1) is 0 Å². The first-order valence-corrected chi connectivity index (χ1v) is 5.96. The molecule has 96 valence electrons. The summed E-state index contributed by atoms with van der Waals surface area (Å²) >= 11 is 0. The van der Waals surface area contributed by atoms with Crippen molar-refractivity contribution >= 4 is 18.2 Å². The van der Waals surface area contributed by atoms with E-state index < -0.39 is 0 Å². The summed E-state index contributed by atoms with van der Waals surface area (Å²) in [4.78, 5) is 32.2. The van der Waals surface area contributed by atoms with E-state index >= 15 is 0 Å². The number of amides is 1. The maximum atomic E-state index is 11.2. The van der Waals surface area contributed by atoms with Crippen LogP contribution in [-0.4, -0.2) is 31.3 Å². The topological polar surface area (TPSA) is 72.5 Å². The number of ketones is 1. The number of Topliss-reactive ketones (excluding diaryl/α,β-unsaturated/α-hetero) is 1. The summed E-state index contributed by atoms with van der Waals surface area (Å²) in [5.74, 6) is 0.642. The van der Waals surface area contributed by atoms with Gasteiger partial charge in [-0.2, -0.15) is 0 Å². The molecular weight excluding hydrogens is 222 g/mol. The first-order chi connectivity index (χ1) is 8.13. The molecule has 1 saturated carbocycles. The molecule has 5 nitrogen and oxygen atoms in total. The number of carbonyl (C=O) groups is 3. The molecule has 0 bridgehead atoms. The quantitative estimate of drug-likeness (QED) is 0.694. The van der Waals surface area contributed by atoms with Crippen molar-refractivity contribution in [1.82, 2.24) is 5.32 Å². The molecule has 1 rings (SSSR count). The lowest BCUT2D eigenvalue weighted by molar-refractivity contribution is -0.137. The minimum Gasteiger partial charge on any atom is -0.458 e. The third-order valence-electron chi connectivity index (χ3n) is 3.29. The molecule has 0 aromatic carbocycles. The average Bonchev–Trinajstić information content (AvgIpc) is 2.34. The molecule has 5 heteroatoms. The van der Waals surface area contributed by atoms with Crippen molar-refractivity contribution in [3.63, 3.8) is 0 Å². The van der Waals surface area contributed by atoms with Crippen LogP contribution in [-0.2, 0) is 19.1 Å². The van der Waals surface area contributed by atoms with Crippen molar-refractivity contribution in [3.05, 3.63) is 0 Å². The van der Waals surface area contributed by atoms with E-state index in [0.717, 1.165) is 25.7 Å². The van der Waals surface area contributed by atoms with Crippen molar-refractivity contribution in [3.8, 4) is 0 Å². The first kappa shape index (κ1) is 13.7.